The fraction of sp³-hybridized carbons (Fsp3) is 0.900. The molecule has 0 aromatic carbocycles. The molecule has 170 valence electrons. The molecule has 0 spiro atoms. The SMILES string of the molecule is CN=C(NCCCCN1CCC(C(N)=O)CC1)NCCCOCC1CCCO1.I. The van der Waals surface area contributed by atoms with E-state index in [1.807, 2.05) is 0 Å². The molecule has 0 saturated carbocycles. The molecule has 8 nitrogen and oxygen atoms in total. The van der Waals surface area contributed by atoms with Crippen LogP contribution in [0.25, 0.3) is 0 Å². The summed E-state index contributed by atoms with van der Waals surface area (Å²) in [4.78, 5) is 17.9. The maximum atomic E-state index is 11.2. The number of nitrogens with one attached hydrogen (secondary N) is 2. The van der Waals surface area contributed by atoms with Gasteiger partial charge in [0.1, 0.15) is 0 Å². The number of hydrogen-bond acceptors (Lipinski definition) is 5. The van der Waals surface area contributed by atoms with Crippen LogP contribution in [0, 0.1) is 5.92 Å². The molecular weight excluding hydrogens is 485 g/mol. The molecular formula is C20H40IN5O3. The third-order valence-corrected chi connectivity index (χ3v) is 5.49. The molecule has 2 aliphatic rings. The molecule has 0 aromatic heterocycles. The van der Waals surface area contributed by atoms with E-state index < -0.39 is 0 Å². The first-order valence-electron chi connectivity index (χ1n) is 10.8. The van der Waals surface area contributed by atoms with Gasteiger partial charge in [-0.1, -0.05) is 0 Å². The van der Waals surface area contributed by atoms with Crippen LogP contribution in [-0.4, -0.2) is 82.5 Å². The molecule has 2 aliphatic heterocycles. The van der Waals surface area contributed by atoms with E-state index in [4.69, 9.17) is 15.2 Å². The van der Waals surface area contributed by atoms with Crippen molar-refractivity contribution in [2.24, 2.45) is 16.6 Å². The number of hydrogen-bond donors (Lipinski definition) is 3. The van der Waals surface area contributed by atoms with Gasteiger partial charge in [-0.25, -0.2) is 0 Å². The fourth-order valence-electron chi connectivity index (χ4n) is 3.70. The number of primary amides is 1. The van der Waals surface area contributed by atoms with Crippen molar-refractivity contribution < 1.29 is 14.3 Å². The highest BCUT2D eigenvalue weighted by atomic mass is 127. The highest BCUT2D eigenvalue weighted by molar-refractivity contribution is 14.0. The van der Waals surface area contributed by atoms with Crippen molar-refractivity contribution in [1.82, 2.24) is 15.5 Å². The summed E-state index contributed by atoms with van der Waals surface area (Å²) in [5.74, 6) is 0.785. The number of carbonyl (C=O) groups is 1. The van der Waals surface area contributed by atoms with Crippen LogP contribution in [0.1, 0.15) is 44.9 Å². The van der Waals surface area contributed by atoms with Crippen LogP contribution in [-0.2, 0) is 14.3 Å². The van der Waals surface area contributed by atoms with E-state index in [0.29, 0.717) is 12.7 Å². The number of nitrogens with two attached hydrogens (primary N) is 1. The molecule has 1 atom stereocenters. The lowest BCUT2D eigenvalue weighted by Crippen LogP contribution is -2.40. The van der Waals surface area contributed by atoms with Gasteiger partial charge in [0.15, 0.2) is 5.96 Å². The van der Waals surface area contributed by atoms with Crippen molar-refractivity contribution in [1.29, 1.82) is 0 Å². The highest BCUT2D eigenvalue weighted by Crippen LogP contribution is 2.16. The van der Waals surface area contributed by atoms with Gasteiger partial charge in [-0.3, -0.25) is 9.79 Å². The molecule has 2 fully saturated rings. The summed E-state index contributed by atoms with van der Waals surface area (Å²) in [6, 6.07) is 0. The zero-order chi connectivity index (χ0) is 20.0. The first kappa shape index (κ1) is 26.4. The van der Waals surface area contributed by atoms with Crippen molar-refractivity contribution in [2.45, 2.75) is 51.0 Å². The fourth-order valence-corrected chi connectivity index (χ4v) is 3.70. The van der Waals surface area contributed by atoms with Crippen molar-refractivity contribution in [3.8, 4) is 0 Å². The van der Waals surface area contributed by atoms with Crippen molar-refractivity contribution in [3.63, 3.8) is 0 Å². The quantitative estimate of drug-likeness (QED) is 0.154. The predicted octanol–water partition coefficient (Wildman–Crippen LogP) is 1.33. The Balaban J connectivity index is 0.00000420. The van der Waals surface area contributed by atoms with Gasteiger partial charge in [0.25, 0.3) is 0 Å². The average Bonchev–Trinajstić information content (AvgIpc) is 3.22. The summed E-state index contributed by atoms with van der Waals surface area (Å²) >= 11 is 0. The third-order valence-electron chi connectivity index (χ3n) is 5.49. The molecule has 1 amide bonds. The summed E-state index contributed by atoms with van der Waals surface area (Å²) in [7, 11) is 1.80. The van der Waals surface area contributed by atoms with Gasteiger partial charge in [0.05, 0.1) is 12.7 Å². The Morgan fingerprint density at radius 3 is 2.52 bits per heavy atom. The van der Waals surface area contributed by atoms with Crippen molar-refractivity contribution in [2.75, 3.05) is 59.6 Å². The van der Waals surface area contributed by atoms with Gasteiger partial charge < -0.3 is 30.7 Å². The van der Waals surface area contributed by atoms with Crippen LogP contribution in [0.5, 0.6) is 0 Å². The average molecular weight is 525 g/mol. The predicted molar refractivity (Wildman–Crippen MR) is 127 cm³/mol. The second-order valence-corrected chi connectivity index (χ2v) is 7.71. The number of nitrogens with zero attached hydrogens (tertiary/aromatic N) is 2. The second kappa shape index (κ2) is 16.1. The van der Waals surface area contributed by atoms with Gasteiger partial charge in [-0.15, -0.1) is 24.0 Å². The number of piperidine rings is 1. The Kier molecular flexibility index (Phi) is 14.6. The van der Waals surface area contributed by atoms with E-state index in [2.05, 4.69) is 20.5 Å². The Morgan fingerprint density at radius 2 is 1.90 bits per heavy atom. The molecule has 9 heteroatoms. The second-order valence-electron chi connectivity index (χ2n) is 7.71. The number of ether oxygens (including phenoxy) is 2. The van der Waals surface area contributed by atoms with Gasteiger partial charge in [-0.2, -0.15) is 0 Å². The van der Waals surface area contributed by atoms with Crippen LogP contribution in [0.3, 0.4) is 0 Å². The summed E-state index contributed by atoms with van der Waals surface area (Å²) in [5, 5.41) is 6.69. The Morgan fingerprint density at radius 1 is 1.17 bits per heavy atom. The van der Waals surface area contributed by atoms with Crippen LogP contribution in [0.2, 0.25) is 0 Å². The minimum Gasteiger partial charge on any atom is -0.379 e. The monoisotopic (exact) mass is 525 g/mol. The van der Waals surface area contributed by atoms with Crippen LogP contribution < -0.4 is 16.4 Å². The molecule has 0 aliphatic carbocycles. The minimum absolute atomic E-state index is 0. The lowest BCUT2D eigenvalue weighted by molar-refractivity contribution is -0.123. The molecule has 0 bridgehead atoms. The zero-order valence-electron chi connectivity index (χ0n) is 17.9. The maximum absolute atomic E-state index is 11.2. The Bertz CT molecular complexity index is 467. The number of guanidine groups is 1. The summed E-state index contributed by atoms with van der Waals surface area (Å²) in [6.07, 6.45) is 7.59. The Labute approximate surface area is 192 Å². The van der Waals surface area contributed by atoms with E-state index in [1.165, 1.54) is 0 Å². The van der Waals surface area contributed by atoms with Crippen molar-refractivity contribution in [3.05, 3.63) is 0 Å². The van der Waals surface area contributed by atoms with Crippen LogP contribution in [0.15, 0.2) is 4.99 Å². The number of likely N-dealkylation sites (tertiary alicyclic amines) is 1. The topological polar surface area (TPSA) is 101 Å². The molecule has 29 heavy (non-hydrogen) atoms. The third kappa shape index (κ3) is 11.4. The Hall–Kier alpha value is -0.650. The van der Waals surface area contributed by atoms with Gasteiger partial charge in [0.2, 0.25) is 5.91 Å². The number of amides is 1. The molecule has 2 heterocycles. The first-order valence-corrected chi connectivity index (χ1v) is 10.8. The minimum atomic E-state index is -0.142. The van der Waals surface area contributed by atoms with E-state index in [9.17, 15) is 4.79 Å². The maximum Gasteiger partial charge on any atom is 0.220 e. The number of halogens is 1. The normalized spacial score (nSPS) is 21.0. The van der Waals surface area contributed by atoms with Crippen LogP contribution >= 0.6 is 24.0 Å². The molecule has 0 radical (unpaired) electrons. The summed E-state index contributed by atoms with van der Waals surface area (Å²) in [6.45, 7) is 7.15. The molecule has 0 aromatic rings. The molecule has 2 saturated heterocycles. The summed E-state index contributed by atoms with van der Waals surface area (Å²) < 4.78 is 11.2. The molecule has 1 unspecified atom stereocenters. The number of aliphatic imine (C=N–C) groups is 1. The lowest BCUT2D eigenvalue weighted by atomic mass is 9.96. The number of rotatable bonds is 12. The largest absolute Gasteiger partial charge is 0.379 e. The summed E-state index contributed by atoms with van der Waals surface area (Å²) in [5.41, 5.74) is 5.38. The highest BCUT2D eigenvalue weighted by Gasteiger charge is 2.22. The van der Waals surface area contributed by atoms with E-state index in [1.54, 1.807) is 7.05 Å². The molecule has 4 N–H and O–H groups in total. The van der Waals surface area contributed by atoms with Crippen LogP contribution in [0.4, 0.5) is 0 Å². The van der Waals surface area contributed by atoms with Crippen molar-refractivity contribution >= 4 is 35.8 Å². The van der Waals surface area contributed by atoms with Gasteiger partial charge in [0, 0.05) is 39.3 Å². The zero-order valence-corrected chi connectivity index (χ0v) is 20.2. The standard InChI is InChI=1S/C20H39N5O3.HI/c1-22-20(24-10-5-14-27-16-18-6-4-15-28-18)23-9-2-3-11-25-12-7-17(8-13-25)19(21)26;/h17-18H,2-16H2,1H3,(H2,21,26)(H2,22,23,24);1H. The smallest absolute Gasteiger partial charge is 0.220 e. The van der Waals surface area contributed by atoms with E-state index in [-0.39, 0.29) is 35.8 Å². The first-order chi connectivity index (χ1) is 13.7. The van der Waals surface area contributed by atoms with Gasteiger partial charge in [-0.05, 0) is 64.6 Å². The number of carbonyl (C=O) groups excluding carboxylic acids is 1. The van der Waals surface area contributed by atoms with E-state index >= 15 is 0 Å². The van der Waals surface area contributed by atoms with E-state index in [0.717, 1.165) is 96.8 Å². The molecule has 2 rings (SSSR count). The lowest BCUT2D eigenvalue weighted by Gasteiger charge is -2.30. The van der Waals surface area contributed by atoms with Gasteiger partial charge >= 0.3 is 0 Å². The number of unbranched alkanes of at least 4 members (excludes halogenated alkanes) is 1.